The average molecular weight is 342 g/mol. The number of carbonyl (C=O) groups excluding carboxylic acids is 1. The maximum absolute atomic E-state index is 12.6. The molecular formula is C18H26N6O. The third kappa shape index (κ3) is 4.22. The Morgan fingerprint density at radius 1 is 1.20 bits per heavy atom. The van der Waals surface area contributed by atoms with Crippen molar-refractivity contribution in [2.75, 3.05) is 26.2 Å². The largest absolute Gasteiger partial charge is 0.340 e. The summed E-state index contributed by atoms with van der Waals surface area (Å²) in [6, 6.07) is 8.48. The van der Waals surface area contributed by atoms with Crippen LogP contribution in [0.5, 0.6) is 0 Å². The molecule has 1 amide bonds. The lowest BCUT2D eigenvalue weighted by Gasteiger charge is -2.36. The summed E-state index contributed by atoms with van der Waals surface area (Å²) in [5.74, 6) is 0.740. The van der Waals surface area contributed by atoms with Gasteiger partial charge in [0.2, 0.25) is 5.91 Å². The van der Waals surface area contributed by atoms with Crippen LogP contribution in [0.3, 0.4) is 0 Å². The number of nitrogens with one attached hydrogen (secondary N) is 1. The van der Waals surface area contributed by atoms with E-state index in [0.29, 0.717) is 12.2 Å². The van der Waals surface area contributed by atoms with Crippen LogP contribution in [-0.2, 0) is 16.8 Å². The van der Waals surface area contributed by atoms with Crippen LogP contribution in [0.1, 0.15) is 37.2 Å². The molecule has 134 valence electrons. The molecule has 0 radical (unpaired) electrons. The molecule has 1 saturated heterocycles. The number of hydrogen-bond acceptors (Lipinski definition) is 5. The van der Waals surface area contributed by atoms with E-state index >= 15 is 0 Å². The lowest BCUT2D eigenvalue weighted by atomic mass is 9.88. The lowest BCUT2D eigenvalue weighted by Crippen LogP contribution is -2.49. The zero-order chi connectivity index (χ0) is 17.9. The quantitative estimate of drug-likeness (QED) is 0.891. The van der Waals surface area contributed by atoms with Crippen LogP contribution in [0.25, 0.3) is 0 Å². The predicted molar refractivity (Wildman–Crippen MR) is 94.9 cm³/mol. The van der Waals surface area contributed by atoms with Crippen molar-refractivity contribution in [2.45, 2.75) is 39.2 Å². The molecule has 1 aromatic carbocycles. The van der Waals surface area contributed by atoms with Crippen molar-refractivity contribution in [3.63, 3.8) is 0 Å². The van der Waals surface area contributed by atoms with Crippen LogP contribution < -0.4 is 0 Å². The highest BCUT2D eigenvalue weighted by Gasteiger charge is 2.31. The maximum atomic E-state index is 12.6. The summed E-state index contributed by atoms with van der Waals surface area (Å²) in [6.45, 7) is 10.4. The van der Waals surface area contributed by atoms with E-state index in [2.05, 4.69) is 56.7 Å². The fourth-order valence-corrected chi connectivity index (χ4v) is 3.20. The molecule has 0 spiro atoms. The van der Waals surface area contributed by atoms with E-state index in [4.69, 9.17) is 0 Å². The second-order valence-corrected chi connectivity index (χ2v) is 7.38. The molecule has 2 aromatic rings. The van der Waals surface area contributed by atoms with Gasteiger partial charge in [0, 0.05) is 44.6 Å². The van der Waals surface area contributed by atoms with E-state index in [9.17, 15) is 4.79 Å². The standard InChI is InChI=1S/C18H26N6O/c1-14-6-4-5-7-15(14)13-23-8-10-24(11-9-23)16(25)12-18(2,3)17-19-21-22-20-17/h4-7H,8-13H2,1-3H3,(H,19,20,21,22). The molecule has 7 nitrogen and oxygen atoms in total. The third-order valence-corrected chi connectivity index (χ3v) is 4.92. The number of aromatic amines is 1. The summed E-state index contributed by atoms with van der Waals surface area (Å²) >= 11 is 0. The van der Waals surface area contributed by atoms with Gasteiger partial charge in [0.05, 0.1) is 0 Å². The molecule has 3 rings (SSSR count). The summed E-state index contributed by atoms with van der Waals surface area (Å²) in [5.41, 5.74) is 2.27. The molecule has 0 aliphatic carbocycles. The number of H-pyrrole nitrogens is 1. The van der Waals surface area contributed by atoms with Crippen LogP contribution in [0.4, 0.5) is 0 Å². The molecule has 7 heteroatoms. The van der Waals surface area contributed by atoms with Gasteiger partial charge >= 0.3 is 0 Å². The molecular weight excluding hydrogens is 316 g/mol. The number of rotatable bonds is 5. The van der Waals surface area contributed by atoms with Crippen LogP contribution in [0.2, 0.25) is 0 Å². The van der Waals surface area contributed by atoms with Crippen molar-refractivity contribution in [1.29, 1.82) is 0 Å². The van der Waals surface area contributed by atoms with E-state index in [1.165, 1.54) is 11.1 Å². The van der Waals surface area contributed by atoms with Gasteiger partial charge in [-0.2, -0.15) is 5.21 Å². The highest BCUT2D eigenvalue weighted by Crippen LogP contribution is 2.24. The van der Waals surface area contributed by atoms with Gasteiger partial charge in [-0.25, -0.2) is 0 Å². The number of tetrazole rings is 1. The maximum Gasteiger partial charge on any atom is 0.223 e. The SMILES string of the molecule is Cc1ccccc1CN1CCN(C(=O)CC(C)(C)c2nn[nH]n2)CC1. The molecule has 1 N–H and O–H groups in total. The predicted octanol–water partition coefficient (Wildman–Crippen LogP) is 1.52. The van der Waals surface area contributed by atoms with Crippen LogP contribution in [0.15, 0.2) is 24.3 Å². The van der Waals surface area contributed by atoms with Crippen molar-refractivity contribution in [3.05, 3.63) is 41.2 Å². The van der Waals surface area contributed by atoms with Crippen molar-refractivity contribution in [2.24, 2.45) is 0 Å². The number of benzene rings is 1. The van der Waals surface area contributed by atoms with Gasteiger partial charge in [0.1, 0.15) is 0 Å². The first-order chi connectivity index (χ1) is 12.0. The second-order valence-electron chi connectivity index (χ2n) is 7.38. The number of carbonyl (C=O) groups is 1. The van der Waals surface area contributed by atoms with Gasteiger partial charge in [0.15, 0.2) is 5.82 Å². The van der Waals surface area contributed by atoms with Gasteiger partial charge in [0.25, 0.3) is 0 Å². The average Bonchev–Trinajstić information content (AvgIpc) is 3.13. The fraction of sp³-hybridized carbons (Fsp3) is 0.556. The first-order valence-electron chi connectivity index (χ1n) is 8.74. The Morgan fingerprint density at radius 2 is 1.92 bits per heavy atom. The van der Waals surface area contributed by atoms with Crippen molar-refractivity contribution in [1.82, 2.24) is 30.4 Å². The highest BCUT2D eigenvalue weighted by molar-refractivity contribution is 5.77. The molecule has 0 bridgehead atoms. The van der Waals surface area contributed by atoms with Gasteiger partial charge < -0.3 is 4.90 Å². The van der Waals surface area contributed by atoms with E-state index in [1.54, 1.807) is 0 Å². The summed E-state index contributed by atoms with van der Waals surface area (Å²) in [4.78, 5) is 17.0. The minimum absolute atomic E-state index is 0.158. The smallest absolute Gasteiger partial charge is 0.223 e. The Labute approximate surface area is 148 Å². The van der Waals surface area contributed by atoms with Gasteiger partial charge in [-0.05, 0) is 18.1 Å². The number of nitrogens with zero attached hydrogens (tertiary/aromatic N) is 5. The first kappa shape index (κ1) is 17.5. The molecule has 1 fully saturated rings. The Morgan fingerprint density at radius 3 is 2.56 bits per heavy atom. The molecule has 1 aliphatic heterocycles. The Balaban J connectivity index is 1.52. The van der Waals surface area contributed by atoms with Crippen molar-refractivity contribution < 1.29 is 4.79 Å². The molecule has 1 aliphatic rings. The van der Waals surface area contributed by atoms with Gasteiger partial charge in [-0.3, -0.25) is 9.69 Å². The summed E-state index contributed by atoms with van der Waals surface area (Å²) < 4.78 is 0. The fourth-order valence-electron chi connectivity index (χ4n) is 3.20. The molecule has 2 heterocycles. The number of aromatic nitrogens is 4. The molecule has 25 heavy (non-hydrogen) atoms. The normalized spacial score (nSPS) is 16.2. The highest BCUT2D eigenvalue weighted by atomic mass is 16.2. The molecule has 1 aromatic heterocycles. The third-order valence-electron chi connectivity index (χ3n) is 4.92. The summed E-state index contributed by atoms with van der Waals surface area (Å²) in [7, 11) is 0. The zero-order valence-electron chi connectivity index (χ0n) is 15.2. The van der Waals surface area contributed by atoms with E-state index in [0.717, 1.165) is 32.7 Å². The number of aryl methyl sites for hydroxylation is 1. The van der Waals surface area contributed by atoms with Gasteiger partial charge in [-0.15, -0.1) is 10.2 Å². The van der Waals surface area contributed by atoms with E-state index in [1.807, 2.05) is 18.7 Å². The van der Waals surface area contributed by atoms with Crippen molar-refractivity contribution >= 4 is 5.91 Å². The Bertz CT molecular complexity index is 704. The van der Waals surface area contributed by atoms with Crippen LogP contribution >= 0.6 is 0 Å². The van der Waals surface area contributed by atoms with E-state index in [-0.39, 0.29) is 5.91 Å². The Kier molecular flexibility index (Phi) is 5.13. The topological polar surface area (TPSA) is 78.0 Å². The zero-order valence-corrected chi connectivity index (χ0v) is 15.2. The number of amides is 1. The lowest BCUT2D eigenvalue weighted by molar-refractivity contribution is -0.134. The van der Waals surface area contributed by atoms with Crippen LogP contribution in [0, 0.1) is 6.92 Å². The Hall–Kier alpha value is -2.28. The molecule has 0 saturated carbocycles. The van der Waals surface area contributed by atoms with Gasteiger partial charge in [-0.1, -0.05) is 43.3 Å². The monoisotopic (exact) mass is 342 g/mol. The van der Waals surface area contributed by atoms with Crippen molar-refractivity contribution in [3.8, 4) is 0 Å². The number of hydrogen-bond donors (Lipinski definition) is 1. The summed E-state index contributed by atoms with van der Waals surface area (Å²) in [6.07, 6.45) is 0.393. The number of piperazine rings is 1. The minimum atomic E-state index is -0.414. The van der Waals surface area contributed by atoms with E-state index < -0.39 is 5.41 Å². The summed E-state index contributed by atoms with van der Waals surface area (Å²) in [5, 5.41) is 14.1. The van der Waals surface area contributed by atoms with Crippen LogP contribution in [-0.4, -0.2) is 62.5 Å². The molecule has 0 unspecified atom stereocenters. The first-order valence-corrected chi connectivity index (χ1v) is 8.74. The second kappa shape index (κ2) is 7.31. The minimum Gasteiger partial charge on any atom is -0.340 e. The molecule has 0 atom stereocenters.